The molecule has 0 unspecified atom stereocenters. The average molecular weight is 144 g/mol. The molecule has 1 heterocycles. The highest BCUT2D eigenvalue weighted by Crippen LogP contribution is 2.14. The molecule has 60 valence electrons. The molecule has 0 aromatic carbocycles. The van der Waals surface area contributed by atoms with E-state index < -0.39 is 0 Å². The lowest BCUT2D eigenvalue weighted by Crippen LogP contribution is -3.01. The third-order valence-electron chi connectivity index (χ3n) is 2.14. The highest BCUT2D eigenvalue weighted by Gasteiger charge is 2.33. The Morgan fingerprint density at radius 3 is 2.50 bits per heavy atom. The summed E-state index contributed by atoms with van der Waals surface area (Å²) in [6.07, 6.45) is 1.80. The highest BCUT2D eigenvalue weighted by molar-refractivity contribution is 4.76. The van der Waals surface area contributed by atoms with E-state index in [0.717, 1.165) is 12.8 Å². The number of aliphatic hydroxyl groups is 1. The number of rotatable bonds is 0. The van der Waals surface area contributed by atoms with Crippen molar-refractivity contribution in [3.8, 4) is 0 Å². The van der Waals surface area contributed by atoms with Crippen molar-refractivity contribution in [1.82, 2.24) is 0 Å². The second-order valence-corrected chi connectivity index (χ2v) is 4.23. The lowest BCUT2D eigenvalue weighted by Gasteiger charge is -2.34. The zero-order chi connectivity index (χ0) is 7.78. The molecular formula is C8H18NO+. The minimum atomic E-state index is -0.0741. The molecule has 10 heavy (non-hydrogen) atoms. The Labute approximate surface area is 62.6 Å². The van der Waals surface area contributed by atoms with Gasteiger partial charge in [0.15, 0.2) is 0 Å². The summed E-state index contributed by atoms with van der Waals surface area (Å²) in [4.78, 5) is 0. The molecule has 0 saturated carbocycles. The van der Waals surface area contributed by atoms with Gasteiger partial charge in [0, 0.05) is 12.8 Å². The van der Waals surface area contributed by atoms with Gasteiger partial charge in [-0.15, -0.1) is 0 Å². The Balaban J connectivity index is 2.51. The molecular weight excluding hydrogens is 126 g/mol. The zero-order valence-electron chi connectivity index (χ0n) is 7.09. The summed E-state index contributed by atoms with van der Waals surface area (Å²) in [5.41, 5.74) is 0.247. The van der Waals surface area contributed by atoms with Crippen molar-refractivity contribution in [3.05, 3.63) is 0 Å². The van der Waals surface area contributed by atoms with Crippen LogP contribution in [0.15, 0.2) is 0 Å². The number of hydrogen-bond donors (Lipinski definition) is 2. The first-order valence-corrected chi connectivity index (χ1v) is 4.04. The first-order chi connectivity index (χ1) is 4.49. The van der Waals surface area contributed by atoms with Gasteiger partial charge < -0.3 is 10.4 Å². The maximum Gasteiger partial charge on any atom is 0.0931 e. The molecule has 0 aromatic heterocycles. The Morgan fingerprint density at radius 2 is 2.10 bits per heavy atom. The van der Waals surface area contributed by atoms with Gasteiger partial charge in [0.05, 0.1) is 17.7 Å². The molecule has 1 fully saturated rings. The summed E-state index contributed by atoms with van der Waals surface area (Å²) in [6.45, 7) is 6.54. The molecule has 3 N–H and O–H groups in total. The van der Waals surface area contributed by atoms with Gasteiger partial charge in [-0.05, 0) is 20.8 Å². The first kappa shape index (κ1) is 8.02. The molecule has 2 heteroatoms. The van der Waals surface area contributed by atoms with Gasteiger partial charge in [-0.2, -0.15) is 0 Å². The molecule has 2 atom stereocenters. The van der Waals surface area contributed by atoms with Gasteiger partial charge in [0.2, 0.25) is 0 Å². The van der Waals surface area contributed by atoms with Gasteiger partial charge in [-0.3, -0.25) is 0 Å². The van der Waals surface area contributed by atoms with E-state index in [1.54, 1.807) is 0 Å². The van der Waals surface area contributed by atoms with E-state index in [9.17, 15) is 5.11 Å². The van der Waals surface area contributed by atoms with E-state index in [2.05, 4.69) is 26.1 Å². The predicted molar refractivity (Wildman–Crippen MR) is 40.7 cm³/mol. The maximum absolute atomic E-state index is 9.40. The third kappa shape index (κ3) is 1.96. The Bertz CT molecular complexity index is 110. The summed E-state index contributed by atoms with van der Waals surface area (Å²) in [5.74, 6) is 0. The first-order valence-electron chi connectivity index (χ1n) is 4.04. The fraction of sp³-hybridized carbons (Fsp3) is 1.00. The zero-order valence-corrected chi connectivity index (χ0v) is 7.09. The number of hydrogen-bond acceptors (Lipinski definition) is 1. The van der Waals surface area contributed by atoms with Crippen molar-refractivity contribution in [3.63, 3.8) is 0 Å². The molecule has 1 aliphatic heterocycles. The second kappa shape index (κ2) is 2.51. The second-order valence-electron chi connectivity index (χ2n) is 4.23. The summed E-state index contributed by atoms with van der Waals surface area (Å²) in [5, 5.41) is 11.7. The van der Waals surface area contributed by atoms with Crippen LogP contribution in [-0.4, -0.2) is 22.8 Å². The van der Waals surface area contributed by atoms with Crippen LogP contribution in [0.1, 0.15) is 33.6 Å². The van der Waals surface area contributed by atoms with Crippen molar-refractivity contribution >= 4 is 0 Å². The SMILES string of the molecule is C[C@@H]1C[C@H](O)CC(C)(C)[NH2+]1. The normalized spacial score (nSPS) is 39.6. The quantitative estimate of drug-likeness (QED) is 0.488. The Morgan fingerprint density at radius 1 is 1.50 bits per heavy atom. The van der Waals surface area contributed by atoms with Crippen molar-refractivity contribution in [2.75, 3.05) is 0 Å². The Kier molecular flexibility index (Phi) is 2.02. The van der Waals surface area contributed by atoms with Crippen LogP contribution in [0.2, 0.25) is 0 Å². The van der Waals surface area contributed by atoms with Crippen LogP contribution in [0, 0.1) is 0 Å². The fourth-order valence-corrected chi connectivity index (χ4v) is 2.03. The molecule has 1 rings (SSSR count). The molecule has 0 aliphatic carbocycles. The van der Waals surface area contributed by atoms with Crippen molar-refractivity contribution in [1.29, 1.82) is 0 Å². The molecule has 0 amide bonds. The number of aliphatic hydroxyl groups excluding tert-OH is 1. The standard InChI is InChI=1S/C8H17NO/c1-6-4-7(10)5-8(2,3)9-6/h6-7,9-10H,4-5H2,1-3H3/p+1/t6-,7+/m1/s1. The summed E-state index contributed by atoms with van der Waals surface area (Å²) in [6, 6.07) is 0.582. The van der Waals surface area contributed by atoms with Crippen LogP contribution in [0.3, 0.4) is 0 Å². The molecule has 0 radical (unpaired) electrons. The molecule has 1 aliphatic rings. The van der Waals surface area contributed by atoms with E-state index in [0.29, 0.717) is 6.04 Å². The predicted octanol–water partition coefficient (Wildman–Crippen LogP) is -0.128. The molecule has 0 spiro atoms. The molecule has 1 saturated heterocycles. The molecule has 2 nitrogen and oxygen atoms in total. The van der Waals surface area contributed by atoms with E-state index in [1.165, 1.54) is 0 Å². The van der Waals surface area contributed by atoms with Gasteiger partial charge in [0.25, 0.3) is 0 Å². The topological polar surface area (TPSA) is 36.8 Å². The summed E-state index contributed by atoms with van der Waals surface area (Å²) < 4.78 is 0. The van der Waals surface area contributed by atoms with Crippen molar-refractivity contribution in [2.45, 2.75) is 51.3 Å². The molecule has 0 aromatic rings. The van der Waals surface area contributed by atoms with E-state index in [4.69, 9.17) is 0 Å². The van der Waals surface area contributed by atoms with Crippen LogP contribution in [0.4, 0.5) is 0 Å². The summed E-state index contributed by atoms with van der Waals surface area (Å²) >= 11 is 0. The summed E-state index contributed by atoms with van der Waals surface area (Å²) in [7, 11) is 0. The third-order valence-corrected chi connectivity index (χ3v) is 2.14. The smallest absolute Gasteiger partial charge is 0.0931 e. The van der Waals surface area contributed by atoms with E-state index >= 15 is 0 Å². The van der Waals surface area contributed by atoms with Crippen LogP contribution in [0.5, 0.6) is 0 Å². The average Bonchev–Trinajstić information content (AvgIpc) is 1.54. The van der Waals surface area contributed by atoms with Crippen molar-refractivity contribution < 1.29 is 10.4 Å². The monoisotopic (exact) mass is 144 g/mol. The number of piperidine rings is 1. The van der Waals surface area contributed by atoms with Gasteiger partial charge in [-0.1, -0.05) is 0 Å². The van der Waals surface area contributed by atoms with E-state index in [1.807, 2.05) is 0 Å². The lowest BCUT2D eigenvalue weighted by molar-refractivity contribution is -0.759. The van der Waals surface area contributed by atoms with Crippen LogP contribution < -0.4 is 5.32 Å². The largest absolute Gasteiger partial charge is 0.393 e. The Hall–Kier alpha value is -0.0800. The van der Waals surface area contributed by atoms with Crippen molar-refractivity contribution in [2.24, 2.45) is 0 Å². The number of nitrogens with two attached hydrogens (primary N) is 1. The van der Waals surface area contributed by atoms with E-state index in [-0.39, 0.29) is 11.6 Å². The van der Waals surface area contributed by atoms with Gasteiger partial charge in [0.1, 0.15) is 0 Å². The minimum absolute atomic E-state index is 0.0741. The van der Waals surface area contributed by atoms with Crippen LogP contribution in [-0.2, 0) is 0 Å². The highest BCUT2D eigenvalue weighted by atomic mass is 16.3. The lowest BCUT2D eigenvalue weighted by atomic mass is 9.88. The molecule has 0 bridgehead atoms. The maximum atomic E-state index is 9.40. The van der Waals surface area contributed by atoms with Gasteiger partial charge >= 0.3 is 0 Å². The number of quaternary nitrogens is 1. The minimum Gasteiger partial charge on any atom is -0.393 e. The van der Waals surface area contributed by atoms with Crippen LogP contribution >= 0.6 is 0 Å². The van der Waals surface area contributed by atoms with Gasteiger partial charge in [-0.25, -0.2) is 0 Å². The fourth-order valence-electron chi connectivity index (χ4n) is 2.03. The van der Waals surface area contributed by atoms with Crippen LogP contribution in [0.25, 0.3) is 0 Å².